The van der Waals surface area contributed by atoms with Gasteiger partial charge >= 0.3 is 5.97 Å². The first-order chi connectivity index (χ1) is 25.8. The number of hydrogen-bond acceptors (Lipinski definition) is 8. The van der Waals surface area contributed by atoms with E-state index in [2.05, 4.69) is 10.6 Å². The van der Waals surface area contributed by atoms with Crippen LogP contribution in [0.1, 0.15) is 93.6 Å². The Bertz CT molecular complexity index is 1390. The smallest absolute Gasteiger partial charge is 0.326 e. The summed E-state index contributed by atoms with van der Waals surface area (Å²) in [6, 6.07) is 6.00. The highest BCUT2D eigenvalue weighted by Crippen LogP contribution is 2.30. The second-order valence-corrected chi connectivity index (χ2v) is 16.4. The minimum Gasteiger partial charge on any atom is -0.480 e. The molecule has 13 nitrogen and oxygen atoms in total. The fraction of sp³-hybridized carbons (Fsp3) is 0.738. The number of carboxylic acids is 1. The van der Waals surface area contributed by atoms with Gasteiger partial charge in [0, 0.05) is 40.3 Å². The molecule has 0 saturated carbocycles. The molecule has 312 valence electrons. The van der Waals surface area contributed by atoms with E-state index in [1.165, 1.54) is 7.11 Å². The molecular weight excluding hydrogens is 702 g/mol. The molecule has 0 aliphatic carbocycles. The molecule has 13 heteroatoms. The predicted octanol–water partition coefficient (Wildman–Crippen LogP) is 4.22. The Morgan fingerprint density at radius 3 is 2.00 bits per heavy atom. The van der Waals surface area contributed by atoms with Gasteiger partial charge in [-0.05, 0) is 57.1 Å². The zero-order chi connectivity index (χ0) is 41.7. The topological polar surface area (TPSA) is 158 Å². The van der Waals surface area contributed by atoms with Crippen molar-refractivity contribution in [2.24, 2.45) is 23.7 Å². The van der Waals surface area contributed by atoms with Crippen molar-refractivity contribution in [2.45, 2.75) is 143 Å². The largest absolute Gasteiger partial charge is 0.480 e. The van der Waals surface area contributed by atoms with Crippen LogP contribution < -0.4 is 10.6 Å². The van der Waals surface area contributed by atoms with E-state index < -0.39 is 60.2 Å². The van der Waals surface area contributed by atoms with E-state index in [0.717, 1.165) is 12.0 Å². The van der Waals surface area contributed by atoms with Gasteiger partial charge in [-0.15, -0.1) is 0 Å². The van der Waals surface area contributed by atoms with Crippen LogP contribution in [0.25, 0.3) is 0 Å². The van der Waals surface area contributed by atoms with Crippen molar-refractivity contribution in [1.29, 1.82) is 0 Å². The molecule has 0 radical (unpaired) electrons. The summed E-state index contributed by atoms with van der Waals surface area (Å²) in [4.78, 5) is 73.3. The van der Waals surface area contributed by atoms with E-state index in [-0.39, 0.29) is 54.4 Å². The number of nitrogens with zero attached hydrogens (tertiary/aromatic N) is 3. The first kappa shape index (κ1) is 47.6. The fourth-order valence-corrected chi connectivity index (χ4v) is 7.91. The Morgan fingerprint density at radius 2 is 1.51 bits per heavy atom. The molecule has 9 atom stereocenters. The van der Waals surface area contributed by atoms with E-state index in [0.29, 0.717) is 19.4 Å². The monoisotopic (exact) mass is 774 g/mol. The summed E-state index contributed by atoms with van der Waals surface area (Å²) in [6.07, 6.45) is 0.808. The first-order valence-corrected chi connectivity index (χ1v) is 20.0. The molecular formula is C42H71N5O8. The molecule has 1 aliphatic heterocycles. The standard InChI is InChI=1S/C42H71N5O8/c1-14-28(8)37(46(11)41(51)35(25(2)3)44-40(50)36(26(4)5)45(10)27(6)7)33(54-12)24-34(48)47-22-18-21-32(47)38(55-13)29(9)39(49)43-31(42(52)53)23-30-19-16-15-17-20-30/h15-17,19-20,25-29,31-33,35-38H,14,18,21-24H2,1-13H3,(H,43,49)(H,44,50)(H,52,53)/t28?,29-,31?,32+,33-,35?,36+,37+,38-/m1/s1. The second kappa shape index (κ2) is 22.3. The maximum Gasteiger partial charge on any atom is 0.326 e. The Balaban J connectivity index is 2.29. The molecule has 2 rings (SSSR count). The molecule has 1 fully saturated rings. The van der Waals surface area contributed by atoms with Gasteiger partial charge in [-0.25, -0.2) is 4.79 Å². The maximum atomic E-state index is 14.3. The van der Waals surface area contributed by atoms with Gasteiger partial charge in [0.05, 0.1) is 42.7 Å². The number of carbonyl (C=O) groups is 5. The number of benzene rings is 1. The van der Waals surface area contributed by atoms with Gasteiger partial charge in [-0.1, -0.05) is 85.2 Å². The third-order valence-electron chi connectivity index (χ3n) is 11.5. The van der Waals surface area contributed by atoms with Crippen LogP contribution in [0.2, 0.25) is 0 Å². The summed E-state index contributed by atoms with van der Waals surface area (Å²) in [6.45, 7) is 18.1. The number of likely N-dealkylation sites (N-methyl/N-ethyl adjacent to an activating group) is 2. The molecule has 0 aromatic heterocycles. The summed E-state index contributed by atoms with van der Waals surface area (Å²) >= 11 is 0. The third kappa shape index (κ3) is 12.7. The number of methoxy groups -OCH3 is 2. The van der Waals surface area contributed by atoms with Gasteiger partial charge in [-0.2, -0.15) is 0 Å². The van der Waals surface area contributed by atoms with Gasteiger partial charge < -0.3 is 35.0 Å². The number of carboxylic acid groups (broad SMARTS) is 1. The Kier molecular flexibility index (Phi) is 19.3. The van der Waals surface area contributed by atoms with Crippen LogP contribution in [0.15, 0.2) is 30.3 Å². The van der Waals surface area contributed by atoms with E-state index in [1.807, 2.05) is 97.7 Å². The van der Waals surface area contributed by atoms with Crippen LogP contribution in [-0.4, -0.2) is 133 Å². The molecule has 3 N–H and O–H groups in total. The molecule has 0 bridgehead atoms. The van der Waals surface area contributed by atoms with Crippen molar-refractivity contribution in [3.63, 3.8) is 0 Å². The van der Waals surface area contributed by atoms with Crippen LogP contribution >= 0.6 is 0 Å². The van der Waals surface area contributed by atoms with E-state index in [4.69, 9.17) is 9.47 Å². The molecule has 1 saturated heterocycles. The van der Waals surface area contributed by atoms with Gasteiger partial charge in [0.25, 0.3) is 0 Å². The average molecular weight is 774 g/mol. The van der Waals surface area contributed by atoms with Crippen LogP contribution in [0.5, 0.6) is 0 Å². The molecule has 0 spiro atoms. The second-order valence-electron chi connectivity index (χ2n) is 16.4. The number of nitrogens with one attached hydrogen (secondary N) is 2. The molecule has 4 amide bonds. The lowest BCUT2D eigenvalue weighted by Crippen LogP contribution is -2.60. The molecule has 1 aromatic carbocycles. The maximum absolute atomic E-state index is 14.3. The van der Waals surface area contributed by atoms with Crippen molar-refractivity contribution in [2.75, 3.05) is 34.9 Å². The summed E-state index contributed by atoms with van der Waals surface area (Å²) in [5.74, 6) is -3.21. The number of ether oxygens (including phenoxy) is 2. The van der Waals surface area contributed by atoms with Gasteiger partial charge in [-0.3, -0.25) is 24.1 Å². The quantitative estimate of drug-likeness (QED) is 0.157. The number of amides is 4. The average Bonchev–Trinajstić information content (AvgIpc) is 3.62. The Hall–Kier alpha value is -3.55. The van der Waals surface area contributed by atoms with Gasteiger partial charge in [0.15, 0.2) is 0 Å². The molecule has 55 heavy (non-hydrogen) atoms. The molecule has 1 aromatic rings. The van der Waals surface area contributed by atoms with Crippen LogP contribution in [0.3, 0.4) is 0 Å². The molecule has 3 unspecified atom stereocenters. The number of likely N-dealkylation sites (tertiary alicyclic amines) is 1. The SMILES string of the molecule is CCC(C)[C@@H]([C@@H](CC(=O)N1CCC[C@H]1[C@H](OC)[C@@H](C)C(=O)NC(Cc1ccccc1)C(=O)O)OC)N(C)C(=O)C(NC(=O)[C@H](C(C)C)N(C)C(C)C)C(C)C. The van der Waals surface area contributed by atoms with Gasteiger partial charge in [0.1, 0.15) is 12.1 Å². The van der Waals surface area contributed by atoms with Crippen molar-refractivity contribution in [3.8, 4) is 0 Å². The minimum absolute atomic E-state index is 0.0118. The van der Waals surface area contributed by atoms with Gasteiger partial charge in [0.2, 0.25) is 23.6 Å². The highest BCUT2D eigenvalue weighted by Gasteiger charge is 2.43. The zero-order valence-electron chi connectivity index (χ0n) is 35.7. The highest BCUT2D eigenvalue weighted by molar-refractivity contribution is 5.90. The lowest BCUT2D eigenvalue weighted by atomic mass is 9.89. The summed E-state index contributed by atoms with van der Waals surface area (Å²) in [7, 11) is 6.69. The number of hydrogen-bond donors (Lipinski definition) is 3. The van der Waals surface area contributed by atoms with E-state index >= 15 is 0 Å². The number of carbonyl (C=O) groups excluding carboxylic acids is 4. The Labute approximate surface area is 330 Å². The summed E-state index contributed by atoms with van der Waals surface area (Å²) in [5.41, 5.74) is 0.785. The highest BCUT2D eigenvalue weighted by atomic mass is 16.5. The normalized spacial score (nSPS) is 19.1. The lowest BCUT2D eigenvalue weighted by Gasteiger charge is -2.41. The van der Waals surface area contributed by atoms with Crippen molar-refractivity contribution >= 4 is 29.6 Å². The van der Waals surface area contributed by atoms with E-state index in [9.17, 15) is 29.1 Å². The van der Waals surface area contributed by atoms with E-state index in [1.54, 1.807) is 30.9 Å². The van der Waals surface area contributed by atoms with Crippen molar-refractivity contribution in [1.82, 2.24) is 25.3 Å². The third-order valence-corrected chi connectivity index (χ3v) is 11.5. The van der Waals surface area contributed by atoms with Crippen LogP contribution in [0.4, 0.5) is 0 Å². The predicted molar refractivity (Wildman–Crippen MR) is 214 cm³/mol. The first-order valence-electron chi connectivity index (χ1n) is 20.0. The minimum atomic E-state index is -1.14. The molecule has 1 heterocycles. The van der Waals surface area contributed by atoms with Crippen molar-refractivity contribution < 1.29 is 38.6 Å². The van der Waals surface area contributed by atoms with Crippen molar-refractivity contribution in [3.05, 3.63) is 35.9 Å². The number of rotatable bonds is 22. The fourth-order valence-electron chi connectivity index (χ4n) is 7.91. The van der Waals surface area contributed by atoms with Crippen LogP contribution in [-0.2, 0) is 39.9 Å². The van der Waals surface area contributed by atoms with Crippen LogP contribution in [0, 0.1) is 23.7 Å². The summed E-state index contributed by atoms with van der Waals surface area (Å²) in [5, 5.41) is 15.7. The Morgan fingerprint density at radius 1 is 0.891 bits per heavy atom. The number of aliphatic carboxylic acids is 1. The summed E-state index contributed by atoms with van der Waals surface area (Å²) < 4.78 is 11.9. The molecule has 1 aliphatic rings. The zero-order valence-corrected chi connectivity index (χ0v) is 35.7. The lowest BCUT2D eigenvalue weighted by molar-refractivity contribution is -0.148.